The number of carbonyl (C=O) groups excluding carboxylic acids is 3. The first kappa shape index (κ1) is 27.2. The predicted molar refractivity (Wildman–Crippen MR) is 132 cm³/mol. The van der Waals surface area contributed by atoms with E-state index in [4.69, 9.17) is 14.0 Å². The molecule has 192 valence electrons. The van der Waals surface area contributed by atoms with E-state index in [1.807, 2.05) is 45.9 Å². The number of nitrogens with one attached hydrogen (secondary N) is 3. The molecule has 2 unspecified atom stereocenters. The van der Waals surface area contributed by atoms with Gasteiger partial charge in [0.2, 0.25) is 17.7 Å². The second kappa shape index (κ2) is 11.5. The summed E-state index contributed by atoms with van der Waals surface area (Å²) in [5, 5.41) is 8.38. The van der Waals surface area contributed by atoms with Crippen molar-refractivity contribution in [1.29, 1.82) is 0 Å². The van der Waals surface area contributed by atoms with Crippen LogP contribution in [0.15, 0.2) is 30.3 Å². The Bertz CT molecular complexity index is 878. The highest BCUT2D eigenvalue weighted by Crippen LogP contribution is 2.38. The number of hydrogen-bond donors (Lipinski definition) is 3. The van der Waals surface area contributed by atoms with Gasteiger partial charge in [-0.3, -0.25) is 14.4 Å². The molecule has 10 heteroatoms. The van der Waals surface area contributed by atoms with Crippen molar-refractivity contribution in [2.24, 2.45) is 0 Å². The van der Waals surface area contributed by atoms with E-state index in [-0.39, 0.29) is 18.4 Å². The van der Waals surface area contributed by atoms with Gasteiger partial charge in [0.1, 0.15) is 12.1 Å². The van der Waals surface area contributed by atoms with Crippen molar-refractivity contribution in [3.63, 3.8) is 0 Å². The predicted octanol–water partition coefficient (Wildman–Crippen LogP) is 1.54. The first-order valence-electron chi connectivity index (χ1n) is 12.3. The maximum atomic E-state index is 13.3. The van der Waals surface area contributed by atoms with Crippen molar-refractivity contribution < 1.29 is 28.4 Å². The van der Waals surface area contributed by atoms with Gasteiger partial charge in [-0.25, -0.2) is 0 Å². The van der Waals surface area contributed by atoms with Crippen molar-refractivity contribution in [1.82, 2.24) is 16.0 Å². The van der Waals surface area contributed by atoms with Crippen LogP contribution < -0.4 is 16.0 Å². The number of amides is 3. The highest BCUT2D eigenvalue weighted by molar-refractivity contribution is 6.48. The molecule has 2 aliphatic rings. The quantitative estimate of drug-likeness (QED) is 0.408. The molecule has 0 spiro atoms. The summed E-state index contributed by atoms with van der Waals surface area (Å²) in [6.45, 7) is 7.89. The summed E-state index contributed by atoms with van der Waals surface area (Å²) in [7, 11) is 0.836. The van der Waals surface area contributed by atoms with Gasteiger partial charge in [-0.1, -0.05) is 30.3 Å². The molecule has 3 rings (SSSR count). The first-order chi connectivity index (χ1) is 16.5. The van der Waals surface area contributed by atoms with Crippen molar-refractivity contribution in [3.05, 3.63) is 35.9 Å². The summed E-state index contributed by atoms with van der Waals surface area (Å²) in [5.41, 5.74) is 0.136. The average molecular weight is 487 g/mol. The monoisotopic (exact) mass is 487 g/mol. The molecule has 2 aliphatic heterocycles. The van der Waals surface area contributed by atoms with Crippen LogP contribution in [-0.4, -0.2) is 67.8 Å². The lowest BCUT2D eigenvalue weighted by molar-refractivity contribution is -0.131. The Morgan fingerprint density at radius 2 is 1.80 bits per heavy atom. The fourth-order valence-electron chi connectivity index (χ4n) is 4.22. The third-order valence-electron chi connectivity index (χ3n) is 7.03. The lowest BCUT2D eigenvalue weighted by atomic mass is 9.75. The number of hydrogen-bond acceptors (Lipinski definition) is 6. The van der Waals surface area contributed by atoms with E-state index in [1.165, 1.54) is 12.7 Å². The molecule has 35 heavy (non-hydrogen) atoms. The zero-order valence-electron chi connectivity index (χ0n) is 21.4. The van der Waals surface area contributed by atoms with E-state index < -0.39 is 42.3 Å². The second-order valence-electron chi connectivity index (χ2n) is 10.3. The van der Waals surface area contributed by atoms with Crippen LogP contribution in [0.2, 0.25) is 0 Å². The third kappa shape index (κ3) is 7.05. The van der Waals surface area contributed by atoms with Gasteiger partial charge in [0.05, 0.1) is 23.8 Å². The molecule has 0 aromatic heterocycles. The molecule has 0 saturated carbocycles. The Morgan fingerprint density at radius 3 is 2.37 bits per heavy atom. The number of carbonyl (C=O) groups is 3. The second-order valence-corrected chi connectivity index (χ2v) is 10.3. The zero-order valence-corrected chi connectivity index (χ0v) is 21.4. The van der Waals surface area contributed by atoms with Crippen LogP contribution in [0.3, 0.4) is 0 Å². The van der Waals surface area contributed by atoms with Gasteiger partial charge in [-0.15, -0.1) is 0 Å². The molecule has 1 aromatic carbocycles. The Morgan fingerprint density at radius 1 is 1.14 bits per heavy atom. The lowest BCUT2D eigenvalue weighted by Gasteiger charge is -2.32. The maximum absolute atomic E-state index is 13.3. The Labute approximate surface area is 208 Å². The van der Waals surface area contributed by atoms with Gasteiger partial charge in [0.25, 0.3) is 0 Å². The fourth-order valence-corrected chi connectivity index (χ4v) is 4.22. The van der Waals surface area contributed by atoms with Crippen molar-refractivity contribution in [3.8, 4) is 0 Å². The van der Waals surface area contributed by atoms with Gasteiger partial charge in [-0.05, 0) is 58.9 Å². The summed E-state index contributed by atoms with van der Waals surface area (Å²) < 4.78 is 17.7. The Kier molecular flexibility index (Phi) is 8.96. The highest BCUT2D eigenvalue weighted by atomic mass is 16.7. The molecule has 9 nitrogen and oxygen atoms in total. The molecule has 2 heterocycles. The van der Waals surface area contributed by atoms with Crippen molar-refractivity contribution >= 4 is 24.8 Å². The van der Waals surface area contributed by atoms with Gasteiger partial charge < -0.3 is 30.0 Å². The van der Waals surface area contributed by atoms with Crippen molar-refractivity contribution in [2.45, 2.75) is 89.0 Å². The summed E-state index contributed by atoms with van der Waals surface area (Å²) >= 11 is 0. The van der Waals surface area contributed by atoms with Gasteiger partial charge >= 0.3 is 7.12 Å². The SMILES string of the molecule is COCC(NC(=O)[C@@H]1CCC(=O)N1)C(=O)NC(CCCc1ccccc1)B1OC(C)(C)C(C)(C)O1. The minimum Gasteiger partial charge on any atom is -0.402 e. The first-order valence-corrected chi connectivity index (χ1v) is 12.3. The number of ether oxygens (including phenoxy) is 1. The van der Waals surface area contributed by atoms with E-state index in [1.54, 1.807) is 0 Å². The minimum absolute atomic E-state index is 0.00164. The number of aryl methyl sites for hydroxylation is 1. The number of methoxy groups -OCH3 is 1. The van der Waals surface area contributed by atoms with Crippen LogP contribution in [0.5, 0.6) is 0 Å². The molecular weight excluding hydrogens is 449 g/mol. The van der Waals surface area contributed by atoms with Gasteiger partial charge in [0.15, 0.2) is 0 Å². The smallest absolute Gasteiger partial charge is 0.402 e. The average Bonchev–Trinajstić information content (AvgIpc) is 3.33. The van der Waals surface area contributed by atoms with E-state index in [0.717, 1.165) is 12.8 Å². The Balaban J connectivity index is 1.68. The molecule has 1 aromatic rings. The molecule has 2 saturated heterocycles. The lowest BCUT2D eigenvalue weighted by Crippen LogP contribution is -2.57. The van der Waals surface area contributed by atoms with Crippen LogP contribution in [0.25, 0.3) is 0 Å². The number of benzene rings is 1. The number of rotatable bonds is 11. The maximum Gasteiger partial charge on any atom is 0.481 e. The zero-order chi connectivity index (χ0) is 25.6. The molecule has 0 radical (unpaired) electrons. The van der Waals surface area contributed by atoms with E-state index >= 15 is 0 Å². The molecule has 0 bridgehead atoms. The van der Waals surface area contributed by atoms with E-state index in [2.05, 4.69) is 28.1 Å². The minimum atomic E-state index is -0.913. The molecule has 3 N–H and O–H groups in total. The molecule has 3 atom stereocenters. The molecular formula is C25H38BN3O6. The highest BCUT2D eigenvalue weighted by Gasteiger charge is 2.54. The summed E-state index contributed by atoms with van der Waals surface area (Å²) in [6.07, 6.45) is 3.00. The normalized spacial score (nSPS) is 22.4. The van der Waals surface area contributed by atoms with Crippen molar-refractivity contribution in [2.75, 3.05) is 13.7 Å². The fraction of sp³-hybridized carbons (Fsp3) is 0.640. The van der Waals surface area contributed by atoms with Crippen LogP contribution in [0, 0.1) is 0 Å². The summed E-state index contributed by atoms with van der Waals surface area (Å²) in [6, 6.07) is 8.60. The standard InChI is InChI=1S/C25H38BN3O6/c1-24(2)25(3,4)35-26(34-24)20(13-9-12-17-10-7-6-8-11-17)29-23(32)19(16-33-5)28-22(31)18-14-15-21(30)27-18/h6-8,10-11,18-20H,9,12-16H2,1-5H3,(H,27,30)(H,28,31)(H,29,32)/t18-,19?,20?/m0/s1. The topological polar surface area (TPSA) is 115 Å². The summed E-state index contributed by atoms with van der Waals surface area (Å²) in [5.74, 6) is -1.37. The van der Waals surface area contributed by atoms with Gasteiger partial charge in [-0.2, -0.15) is 0 Å². The van der Waals surface area contributed by atoms with E-state index in [0.29, 0.717) is 19.3 Å². The summed E-state index contributed by atoms with van der Waals surface area (Å²) in [4.78, 5) is 37.4. The Hall–Kier alpha value is -2.43. The van der Waals surface area contributed by atoms with Crippen LogP contribution in [-0.2, 0) is 34.9 Å². The molecule has 0 aliphatic carbocycles. The largest absolute Gasteiger partial charge is 0.481 e. The van der Waals surface area contributed by atoms with E-state index in [9.17, 15) is 14.4 Å². The van der Waals surface area contributed by atoms with Crippen LogP contribution in [0.1, 0.15) is 58.9 Å². The van der Waals surface area contributed by atoms with Crippen LogP contribution in [0.4, 0.5) is 0 Å². The van der Waals surface area contributed by atoms with Gasteiger partial charge in [0, 0.05) is 13.5 Å². The van der Waals surface area contributed by atoms with Crippen LogP contribution >= 0.6 is 0 Å². The third-order valence-corrected chi connectivity index (χ3v) is 7.03. The molecule has 3 amide bonds. The molecule has 2 fully saturated rings.